The van der Waals surface area contributed by atoms with E-state index in [1.807, 2.05) is 38.1 Å². The number of benzene rings is 1. The third-order valence-corrected chi connectivity index (χ3v) is 3.06. The molecule has 2 aromatic rings. The predicted molar refractivity (Wildman–Crippen MR) is 81.8 cm³/mol. The van der Waals surface area contributed by atoms with Crippen molar-refractivity contribution in [3.63, 3.8) is 0 Å². The molecule has 112 valence electrons. The largest absolute Gasteiger partial charge is 0.492 e. The number of aryl methyl sites for hydroxylation is 1. The summed E-state index contributed by atoms with van der Waals surface area (Å²) in [5.74, 6) is 0.462. The van der Waals surface area contributed by atoms with Gasteiger partial charge in [0, 0.05) is 5.69 Å². The smallest absolute Gasteiger partial charge is 0.354 e. The first-order valence-corrected chi connectivity index (χ1v) is 6.87. The monoisotopic (exact) mass is 288 g/mol. The molecule has 0 aliphatic heterocycles. The van der Waals surface area contributed by atoms with Gasteiger partial charge < -0.3 is 19.8 Å². The van der Waals surface area contributed by atoms with Crippen molar-refractivity contribution in [3.8, 4) is 5.75 Å². The minimum atomic E-state index is -0.369. The number of rotatable bonds is 6. The first-order chi connectivity index (χ1) is 10.1. The van der Waals surface area contributed by atoms with Crippen molar-refractivity contribution in [1.29, 1.82) is 0 Å². The van der Waals surface area contributed by atoms with E-state index in [2.05, 4.69) is 15.0 Å². The van der Waals surface area contributed by atoms with Crippen LogP contribution in [0.25, 0.3) is 0 Å². The van der Waals surface area contributed by atoms with E-state index in [1.165, 1.54) is 7.11 Å². The van der Waals surface area contributed by atoms with Crippen LogP contribution in [-0.2, 0) is 11.3 Å². The van der Waals surface area contributed by atoms with Crippen molar-refractivity contribution in [1.82, 2.24) is 4.98 Å². The van der Waals surface area contributed by atoms with Gasteiger partial charge in [-0.1, -0.05) is 6.07 Å². The summed E-state index contributed by atoms with van der Waals surface area (Å²) in [5.41, 5.74) is 3.43. The van der Waals surface area contributed by atoms with Crippen molar-refractivity contribution < 1.29 is 14.3 Å². The molecule has 0 aliphatic rings. The highest BCUT2D eigenvalue weighted by Gasteiger charge is 2.08. The van der Waals surface area contributed by atoms with Crippen LogP contribution in [0.4, 0.5) is 5.69 Å². The van der Waals surface area contributed by atoms with Crippen molar-refractivity contribution in [2.24, 2.45) is 0 Å². The Balaban J connectivity index is 2.06. The summed E-state index contributed by atoms with van der Waals surface area (Å²) in [6.07, 6.45) is 0. The maximum atomic E-state index is 11.4. The summed E-state index contributed by atoms with van der Waals surface area (Å²) in [4.78, 5) is 14.4. The van der Waals surface area contributed by atoms with Gasteiger partial charge >= 0.3 is 5.97 Å². The Labute approximate surface area is 124 Å². The van der Waals surface area contributed by atoms with E-state index in [0.29, 0.717) is 18.8 Å². The molecule has 5 nitrogen and oxygen atoms in total. The van der Waals surface area contributed by atoms with Crippen LogP contribution in [0.15, 0.2) is 30.3 Å². The number of hydrogen-bond acceptors (Lipinski definition) is 4. The lowest BCUT2D eigenvalue weighted by Crippen LogP contribution is -2.05. The topological polar surface area (TPSA) is 63.4 Å². The van der Waals surface area contributed by atoms with Crippen LogP contribution in [0, 0.1) is 6.92 Å². The van der Waals surface area contributed by atoms with Gasteiger partial charge in [0.15, 0.2) is 0 Å². The fraction of sp³-hybridized carbons (Fsp3) is 0.312. The molecule has 0 fully saturated rings. The predicted octanol–water partition coefficient (Wildman–Crippen LogP) is 3.12. The molecule has 0 spiro atoms. The lowest BCUT2D eigenvalue weighted by atomic mass is 10.2. The van der Waals surface area contributed by atoms with Gasteiger partial charge in [0.05, 0.1) is 25.9 Å². The second kappa shape index (κ2) is 6.83. The van der Waals surface area contributed by atoms with Crippen LogP contribution in [0.2, 0.25) is 0 Å². The molecule has 0 radical (unpaired) electrons. The highest BCUT2D eigenvalue weighted by Crippen LogP contribution is 2.26. The average Bonchev–Trinajstić information content (AvgIpc) is 2.95. The zero-order valence-electron chi connectivity index (χ0n) is 12.5. The standard InChI is InChI=1S/C16H20N2O3/c1-4-21-15-9-11(2)5-7-13(15)17-10-12-6-8-14(18-12)16(19)20-3/h5-9,17-18H,4,10H2,1-3H3. The number of anilines is 1. The van der Waals surface area contributed by atoms with E-state index in [1.54, 1.807) is 6.07 Å². The minimum Gasteiger partial charge on any atom is -0.492 e. The third kappa shape index (κ3) is 3.78. The van der Waals surface area contributed by atoms with Gasteiger partial charge in [0.2, 0.25) is 0 Å². The lowest BCUT2D eigenvalue weighted by Gasteiger charge is -2.12. The minimum absolute atomic E-state index is 0.369. The Kier molecular flexibility index (Phi) is 4.87. The fourth-order valence-electron chi connectivity index (χ4n) is 2.01. The van der Waals surface area contributed by atoms with Gasteiger partial charge in [-0.2, -0.15) is 0 Å². The zero-order chi connectivity index (χ0) is 15.2. The molecule has 0 bridgehead atoms. The maximum absolute atomic E-state index is 11.4. The number of aromatic amines is 1. The molecular weight excluding hydrogens is 268 g/mol. The van der Waals surface area contributed by atoms with Crippen molar-refractivity contribution in [2.45, 2.75) is 20.4 Å². The molecule has 0 aliphatic carbocycles. The Morgan fingerprint density at radius 2 is 2.10 bits per heavy atom. The summed E-state index contributed by atoms with van der Waals surface area (Å²) >= 11 is 0. The van der Waals surface area contributed by atoms with Gasteiger partial charge in [0.25, 0.3) is 0 Å². The molecule has 1 aromatic carbocycles. The number of ether oxygens (including phenoxy) is 2. The number of H-pyrrole nitrogens is 1. The van der Waals surface area contributed by atoms with Gasteiger partial charge in [-0.25, -0.2) is 4.79 Å². The fourth-order valence-corrected chi connectivity index (χ4v) is 2.01. The molecule has 1 aromatic heterocycles. The van der Waals surface area contributed by atoms with Crippen LogP contribution < -0.4 is 10.1 Å². The van der Waals surface area contributed by atoms with Gasteiger partial charge in [-0.3, -0.25) is 0 Å². The highest BCUT2D eigenvalue weighted by molar-refractivity contribution is 5.87. The summed E-state index contributed by atoms with van der Waals surface area (Å²) in [7, 11) is 1.36. The zero-order valence-corrected chi connectivity index (χ0v) is 12.5. The van der Waals surface area contributed by atoms with E-state index < -0.39 is 0 Å². The number of nitrogens with one attached hydrogen (secondary N) is 2. The Bertz CT molecular complexity index is 620. The van der Waals surface area contributed by atoms with Crippen LogP contribution >= 0.6 is 0 Å². The molecule has 0 amide bonds. The average molecular weight is 288 g/mol. The molecule has 2 rings (SSSR count). The quantitative estimate of drug-likeness (QED) is 0.802. The second-order valence-corrected chi connectivity index (χ2v) is 4.68. The van der Waals surface area contributed by atoms with Gasteiger partial charge in [-0.05, 0) is 43.7 Å². The molecule has 1 heterocycles. The van der Waals surface area contributed by atoms with E-state index in [9.17, 15) is 4.79 Å². The number of hydrogen-bond donors (Lipinski definition) is 2. The number of aromatic nitrogens is 1. The summed E-state index contributed by atoms with van der Waals surface area (Å²) in [6, 6.07) is 9.58. The first-order valence-electron chi connectivity index (χ1n) is 6.87. The molecule has 21 heavy (non-hydrogen) atoms. The van der Waals surface area contributed by atoms with E-state index in [4.69, 9.17) is 4.74 Å². The van der Waals surface area contributed by atoms with Crippen LogP contribution in [-0.4, -0.2) is 24.7 Å². The summed E-state index contributed by atoms with van der Waals surface area (Å²) < 4.78 is 10.3. The highest BCUT2D eigenvalue weighted by atomic mass is 16.5. The van der Waals surface area contributed by atoms with Crippen LogP contribution in [0.3, 0.4) is 0 Å². The maximum Gasteiger partial charge on any atom is 0.354 e. The van der Waals surface area contributed by atoms with Gasteiger partial charge in [-0.15, -0.1) is 0 Å². The van der Waals surface area contributed by atoms with Crippen molar-refractivity contribution in [3.05, 3.63) is 47.3 Å². The van der Waals surface area contributed by atoms with E-state index in [-0.39, 0.29) is 5.97 Å². The first kappa shape index (κ1) is 15.0. The number of methoxy groups -OCH3 is 1. The van der Waals surface area contributed by atoms with E-state index in [0.717, 1.165) is 22.7 Å². The third-order valence-electron chi connectivity index (χ3n) is 3.06. The molecule has 0 atom stereocenters. The Morgan fingerprint density at radius 1 is 1.29 bits per heavy atom. The molecule has 0 saturated heterocycles. The number of carbonyl (C=O) groups excluding carboxylic acids is 1. The molecular formula is C16H20N2O3. The lowest BCUT2D eigenvalue weighted by molar-refractivity contribution is 0.0594. The van der Waals surface area contributed by atoms with Crippen LogP contribution in [0.5, 0.6) is 5.75 Å². The summed E-state index contributed by atoms with van der Waals surface area (Å²) in [6.45, 7) is 5.17. The second-order valence-electron chi connectivity index (χ2n) is 4.68. The summed E-state index contributed by atoms with van der Waals surface area (Å²) in [5, 5.41) is 3.30. The molecule has 0 saturated carbocycles. The molecule has 5 heteroatoms. The van der Waals surface area contributed by atoms with E-state index >= 15 is 0 Å². The van der Waals surface area contributed by atoms with Crippen molar-refractivity contribution in [2.75, 3.05) is 19.0 Å². The van der Waals surface area contributed by atoms with Crippen LogP contribution in [0.1, 0.15) is 28.7 Å². The number of carbonyl (C=O) groups is 1. The molecule has 0 unspecified atom stereocenters. The van der Waals surface area contributed by atoms with Crippen molar-refractivity contribution >= 4 is 11.7 Å². The Morgan fingerprint density at radius 3 is 2.81 bits per heavy atom. The van der Waals surface area contributed by atoms with Gasteiger partial charge in [0.1, 0.15) is 11.4 Å². The number of esters is 1. The molecule has 2 N–H and O–H groups in total. The SMILES string of the molecule is CCOc1cc(C)ccc1NCc1ccc(C(=O)OC)[nH]1. The normalized spacial score (nSPS) is 10.2. The Hall–Kier alpha value is -2.43.